The van der Waals surface area contributed by atoms with Gasteiger partial charge in [0.2, 0.25) is 0 Å². The van der Waals surface area contributed by atoms with E-state index in [2.05, 4.69) is 20.2 Å². The van der Waals surface area contributed by atoms with Crippen molar-refractivity contribution in [3.8, 4) is 11.1 Å². The van der Waals surface area contributed by atoms with E-state index >= 15 is 0 Å². The van der Waals surface area contributed by atoms with Gasteiger partial charge in [-0.05, 0) is 37.1 Å². The van der Waals surface area contributed by atoms with E-state index in [1.54, 1.807) is 6.20 Å². The van der Waals surface area contributed by atoms with Gasteiger partial charge in [0.25, 0.3) is 0 Å². The van der Waals surface area contributed by atoms with Crippen LogP contribution in [0.25, 0.3) is 11.1 Å². The Balaban J connectivity index is 2.04. The summed E-state index contributed by atoms with van der Waals surface area (Å²) < 4.78 is 0. The number of primary amides is 1. The number of carbonyl (C=O) groups is 1. The van der Waals surface area contributed by atoms with E-state index in [-0.39, 0.29) is 17.2 Å². The molecule has 0 bridgehead atoms. The number of aliphatic imine (C=N–C) groups is 1. The molecule has 1 heterocycles. The zero-order valence-electron chi connectivity index (χ0n) is 16.9. The first-order chi connectivity index (χ1) is 14.4. The molecule has 0 spiro atoms. The number of rotatable bonds is 11. The topological polar surface area (TPSA) is 182 Å². The standard InChI is InChI=1S/C20H30N8O2/c21-7-1-9-28(10-2-8-25-19(22)23)13-14-3-5-15(6-4-14)16-12-26-18(11-17(16)29)27-20(24)30/h3-6,11-12H,1-2,7-10,13,21H2,(H4,22,23,25)(H4,24,26,27,29,30). The molecule has 0 aliphatic carbocycles. The molecule has 2 rings (SSSR count). The highest BCUT2D eigenvalue weighted by molar-refractivity contribution is 5.86. The van der Waals surface area contributed by atoms with Gasteiger partial charge in [-0.25, -0.2) is 4.79 Å². The molecule has 0 fully saturated rings. The van der Waals surface area contributed by atoms with E-state index in [9.17, 15) is 9.59 Å². The minimum Gasteiger partial charge on any atom is -0.370 e. The molecular formula is C20H30N8O2. The number of carbonyl (C=O) groups excluding carboxylic acids is 1. The summed E-state index contributed by atoms with van der Waals surface area (Å²) >= 11 is 0. The fraction of sp³-hybridized carbons (Fsp3) is 0.350. The van der Waals surface area contributed by atoms with Crippen LogP contribution in [0.15, 0.2) is 46.3 Å². The van der Waals surface area contributed by atoms with Crippen LogP contribution in [-0.2, 0) is 6.54 Å². The van der Waals surface area contributed by atoms with Crippen LogP contribution in [0, 0.1) is 0 Å². The molecule has 30 heavy (non-hydrogen) atoms. The molecule has 0 radical (unpaired) electrons. The van der Waals surface area contributed by atoms with Gasteiger partial charge in [-0.2, -0.15) is 0 Å². The molecule has 2 amide bonds. The van der Waals surface area contributed by atoms with E-state index < -0.39 is 6.03 Å². The summed E-state index contributed by atoms with van der Waals surface area (Å²) in [5, 5.41) is 2.35. The van der Waals surface area contributed by atoms with Crippen molar-refractivity contribution in [2.24, 2.45) is 27.9 Å². The van der Waals surface area contributed by atoms with Crippen molar-refractivity contribution >= 4 is 17.8 Å². The highest BCUT2D eigenvalue weighted by Crippen LogP contribution is 2.17. The van der Waals surface area contributed by atoms with Gasteiger partial charge in [0.05, 0.1) is 0 Å². The molecule has 0 atom stereocenters. The number of nitrogens with zero attached hydrogens (tertiary/aromatic N) is 2. The first-order valence-electron chi connectivity index (χ1n) is 9.75. The lowest BCUT2D eigenvalue weighted by molar-refractivity contribution is 0.259. The number of amides is 2. The number of H-pyrrole nitrogens is 1. The zero-order chi connectivity index (χ0) is 21.9. The largest absolute Gasteiger partial charge is 0.370 e. The molecule has 0 saturated carbocycles. The number of pyridine rings is 1. The fourth-order valence-corrected chi connectivity index (χ4v) is 3.04. The van der Waals surface area contributed by atoms with Crippen molar-refractivity contribution < 1.29 is 4.79 Å². The second-order valence-electron chi connectivity index (χ2n) is 6.89. The maximum atomic E-state index is 12.3. The molecule has 1 aromatic heterocycles. The van der Waals surface area contributed by atoms with Gasteiger partial charge < -0.3 is 27.9 Å². The van der Waals surface area contributed by atoms with Crippen LogP contribution in [0.4, 0.5) is 10.6 Å². The summed E-state index contributed by atoms with van der Waals surface area (Å²) in [4.78, 5) is 32.4. The number of aromatic amines is 1. The number of urea groups is 1. The molecule has 0 aliphatic rings. The van der Waals surface area contributed by atoms with E-state index in [4.69, 9.17) is 22.9 Å². The number of benzene rings is 1. The maximum absolute atomic E-state index is 12.3. The second-order valence-corrected chi connectivity index (χ2v) is 6.89. The van der Waals surface area contributed by atoms with Crippen molar-refractivity contribution in [2.75, 3.05) is 31.5 Å². The number of guanidine groups is 1. The summed E-state index contributed by atoms with van der Waals surface area (Å²) in [7, 11) is 0. The maximum Gasteiger partial charge on any atom is 0.317 e. The van der Waals surface area contributed by atoms with Crippen LogP contribution in [0.2, 0.25) is 0 Å². The van der Waals surface area contributed by atoms with Crippen LogP contribution in [0.1, 0.15) is 18.4 Å². The number of hydrogen-bond donors (Lipinski definition) is 6. The first-order valence-corrected chi connectivity index (χ1v) is 9.75. The molecule has 0 saturated heterocycles. The third-order valence-electron chi connectivity index (χ3n) is 4.45. The van der Waals surface area contributed by atoms with Gasteiger partial charge in [-0.1, -0.05) is 24.3 Å². The Labute approximate surface area is 175 Å². The third kappa shape index (κ3) is 7.57. The average Bonchev–Trinajstić information content (AvgIpc) is 2.69. The molecule has 2 aromatic rings. The number of aromatic nitrogens is 1. The second kappa shape index (κ2) is 11.6. The Morgan fingerprint density at radius 1 is 1.10 bits per heavy atom. The normalized spacial score (nSPS) is 10.7. The Bertz CT molecular complexity index is 904. The van der Waals surface area contributed by atoms with Gasteiger partial charge in [0.1, 0.15) is 5.82 Å². The summed E-state index contributed by atoms with van der Waals surface area (Å²) in [5.41, 5.74) is 23.7. The molecule has 1 aromatic carbocycles. The van der Waals surface area contributed by atoms with Gasteiger partial charge in [-0.15, -0.1) is 0 Å². The van der Waals surface area contributed by atoms with Crippen molar-refractivity contribution in [2.45, 2.75) is 19.4 Å². The first kappa shape index (κ1) is 22.9. The lowest BCUT2D eigenvalue weighted by atomic mass is 10.0. The molecule has 0 unspecified atom stereocenters. The van der Waals surface area contributed by atoms with Crippen LogP contribution < -0.4 is 33.7 Å². The predicted octanol–water partition coefficient (Wildman–Crippen LogP) is 0.347. The lowest BCUT2D eigenvalue weighted by Gasteiger charge is -2.22. The quantitative estimate of drug-likeness (QED) is 0.175. The average molecular weight is 415 g/mol. The third-order valence-corrected chi connectivity index (χ3v) is 4.45. The highest BCUT2D eigenvalue weighted by Gasteiger charge is 2.08. The number of nitrogens with two attached hydrogens (primary N) is 4. The number of hydrogen-bond acceptors (Lipinski definition) is 5. The van der Waals surface area contributed by atoms with Gasteiger partial charge in [-0.3, -0.25) is 20.0 Å². The van der Waals surface area contributed by atoms with Crippen molar-refractivity contribution in [1.82, 2.24) is 9.88 Å². The Morgan fingerprint density at radius 3 is 2.40 bits per heavy atom. The summed E-state index contributed by atoms with van der Waals surface area (Å²) in [5.74, 6) is 0.358. The molecule has 10 heteroatoms. The van der Waals surface area contributed by atoms with Gasteiger partial charge in [0.15, 0.2) is 11.4 Å². The van der Waals surface area contributed by atoms with Crippen LogP contribution in [-0.4, -0.2) is 48.1 Å². The summed E-state index contributed by atoms with van der Waals surface area (Å²) in [6.45, 7) is 3.72. The van der Waals surface area contributed by atoms with Crippen molar-refractivity contribution in [3.05, 3.63) is 52.3 Å². The smallest absolute Gasteiger partial charge is 0.317 e. The van der Waals surface area contributed by atoms with Crippen molar-refractivity contribution in [3.63, 3.8) is 0 Å². The highest BCUT2D eigenvalue weighted by atomic mass is 16.2. The minimum atomic E-state index is -0.736. The zero-order valence-corrected chi connectivity index (χ0v) is 16.9. The molecule has 0 aliphatic heterocycles. The van der Waals surface area contributed by atoms with E-state index in [1.807, 2.05) is 24.3 Å². The van der Waals surface area contributed by atoms with Crippen LogP contribution >= 0.6 is 0 Å². The van der Waals surface area contributed by atoms with Crippen LogP contribution in [0.5, 0.6) is 0 Å². The minimum absolute atomic E-state index is 0.104. The molecule has 10 N–H and O–H groups in total. The summed E-state index contributed by atoms with van der Waals surface area (Å²) in [6.07, 6.45) is 3.31. The van der Waals surface area contributed by atoms with E-state index in [0.717, 1.165) is 43.6 Å². The molecule has 10 nitrogen and oxygen atoms in total. The SMILES string of the molecule is NCCCN(CCCN=C(N)N)Cc1ccc(-c2c[nH]c(NC(N)=O)cc2=O)cc1. The lowest BCUT2D eigenvalue weighted by Crippen LogP contribution is -2.28. The number of nitrogens with one attached hydrogen (secondary N) is 2. The van der Waals surface area contributed by atoms with E-state index in [0.29, 0.717) is 18.7 Å². The molecule has 162 valence electrons. The number of anilines is 1. The fourth-order valence-electron chi connectivity index (χ4n) is 3.04. The van der Waals surface area contributed by atoms with E-state index in [1.165, 1.54) is 6.07 Å². The Kier molecular flexibility index (Phi) is 8.85. The Hall–Kier alpha value is -3.37. The molecular weight excluding hydrogens is 384 g/mol. The van der Waals surface area contributed by atoms with Gasteiger partial charge >= 0.3 is 6.03 Å². The Morgan fingerprint density at radius 2 is 1.80 bits per heavy atom. The van der Waals surface area contributed by atoms with Crippen LogP contribution in [0.3, 0.4) is 0 Å². The van der Waals surface area contributed by atoms with Crippen molar-refractivity contribution in [1.29, 1.82) is 0 Å². The van der Waals surface area contributed by atoms with Gasteiger partial charge in [0, 0.05) is 37.5 Å². The summed E-state index contributed by atoms with van der Waals surface area (Å²) in [6, 6.07) is 8.37. The monoisotopic (exact) mass is 414 g/mol. The predicted molar refractivity (Wildman–Crippen MR) is 120 cm³/mol.